The van der Waals surface area contributed by atoms with E-state index in [4.69, 9.17) is 26.2 Å². The molecule has 3 aromatic carbocycles. The van der Waals surface area contributed by atoms with Crippen molar-refractivity contribution in [2.45, 2.75) is 26.5 Å². The van der Waals surface area contributed by atoms with E-state index in [0.717, 1.165) is 11.1 Å². The van der Waals surface area contributed by atoms with Crippen LogP contribution < -0.4 is 14.8 Å². The van der Waals surface area contributed by atoms with E-state index in [0.29, 0.717) is 23.7 Å². The minimum atomic E-state index is -1.01. The molecule has 0 aliphatic carbocycles. The topological polar surface area (TPSA) is 109 Å². The molecule has 3 rings (SSSR count). The third kappa shape index (κ3) is 6.87. The fourth-order valence-corrected chi connectivity index (χ4v) is 3.66. The van der Waals surface area contributed by atoms with Crippen molar-refractivity contribution in [1.82, 2.24) is 5.32 Å². The molecule has 0 unspecified atom stereocenters. The third-order valence-electron chi connectivity index (χ3n) is 5.24. The molecule has 0 aromatic heterocycles. The van der Waals surface area contributed by atoms with E-state index in [1.54, 1.807) is 24.3 Å². The highest BCUT2D eigenvalue weighted by atomic mass is 35.5. The summed E-state index contributed by atoms with van der Waals surface area (Å²) in [5.74, 6) is -0.854. The lowest BCUT2D eigenvalue weighted by Crippen LogP contribution is -2.27. The zero-order valence-electron chi connectivity index (χ0n) is 19.8. The van der Waals surface area contributed by atoms with E-state index in [1.165, 1.54) is 18.2 Å². The first-order valence-corrected chi connectivity index (χ1v) is 11.6. The largest absolute Gasteiger partial charge is 0.490 e. The summed E-state index contributed by atoms with van der Waals surface area (Å²) >= 11 is 6.48. The van der Waals surface area contributed by atoms with Gasteiger partial charge in [0.25, 0.3) is 5.91 Å². The highest BCUT2D eigenvalue weighted by molar-refractivity contribution is 6.32. The summed E-state index contributed by atoms with van der Waals surface area (Å²) in [7, 11) is 0. The molecule has 0 aliphatic rings. The van der Waals surface area contributed by atoms with Gasteiger partial charge in [0.1, 0.15) is 18.2 Å². The first-order valence-electron chi connectivity index (χ1n) is 11.2. The monoisotopic (exact) mass is 504 g/mol. The van der Waals surface area contributed by atoms with Crippen LogP contribution in [0.1, 0.15) is 46.9 Å². The molecule has 0 bridgehead atoms. The lowest BCUT2D eigenvalue weighted by atomic mass is 10.1. The molecule has 8 heteroatoms. The molecule has 0 saturated carbocycles. The molecule has 36 heavy (non-hydrogen) atoms. The van der Waals surface area contributed by atoms with Gasteiger partial charge < -0.3 is 19.9 Å². The Labute approximate surface area is 214 Å². The lowest BCUT2D eigenvalue weighted by molar-refractivity contribution is -0.117. The van der Waals surface area contributed by atoms with Gasteiger partial charge in [-0.2, -0.15) is 5.26 Å². The summed E-state index contributed by atoms with van der Waals surface area (Å²) in [4.78, 5) is 23.8. The van der Waals surface area contributed by atoms with Gasteiger partial charge in [-0.05, 0) is 60.9 Å². The summed E-state index contributed by atoms with van der Waals surface area (Å²) in [5.41, 5.74) is 2.27. The molecular weight excluding hydrogens is 480 g/mol. The predicted molar refractivity (Wildman–Crippen MR) is 137 cm³/mol. The molecule has 1 atom stereocenters. The number of nitrogens with one attached hydrogen (secondary N) is 1. The fraction of sp³-hybridized carbons (Fsp3) is 0.179. The Kier molecular flexibility index (Phi) is 9.09. The number of amides is 1. The number of hydrogen-bond acceptors (Lipinski definition) is 5. The van der Waals surface area contributed by atoms with Crippen LogP contribution in [-0.4, -0.2) is 23.6 Å². The number of carbonyl (C=O) groups excluding carboxylic acids is 1. The Morgan fingerprint density at radius 2 is 1.81 bits per heavy atom. The number of benzene rings is 3. The second-order valence-corrected chi connectivity index (χ2v) is 8.24. The van der Waals surface area contributed by atoms with Crippen molar-refractivity contribution in [3.05, 3.63) is 99.6 Å². The van der Waals surface area contributed by atoms with Crippen LogP contribution in [0.5, 0.6) is 11.5 Å². The Balaban J connectivity index is 1.80. The van der Waals surface area contributed by atoms with Crippen molar-refractivity contribution in [1.29, 1.82) is 5.26 Å². The van der Waals surface area contributed by atoms with Gasteiger partial charge in [-0.1, -0.05) is 54.1 Å². The quantitative estimate of drug-likeness (QED) is 0.267. The standard InChI is InChI=1S/C28H25ClN2O5/c1-3-35-25-15-20(13-23(16-30)27(32)31-18(2)21-7-5-4-6-8-21)14-24(29)26(25)36-17-19-9-11-22(12-10-19)28(33)34/h4-15,18H,3,17H2,1-2H3,(H,31,32)(H,33,34)/b23-13-/t18-/m1/s1. The summed E-state index contributed by atoms with van der Waals surface area (Å²) in [6, 6.07) is 20.6. The number of nitriles is 1. The third-order valence-corrected chi connectivity index (χ3v) is 5.52. The number of nitrogens with zero attached hydrogens (tertiary/aromatic N) is 1. The number of ether oxygens (including phenoxy) is 2. The Morgan fingerprint density at radius 1 is 1.11 bits per heavy atom. The molecule has 3 aromatic rings. The van der Waals surface area contributed by atoms with E-state index >= 15 is 0 Å². The van der Waals surface area contributed by atoms with Crippen LogP contribution in [0, 0.1) is 11.3 Å². The number of rotatable bonds is 10. The van der Waals surface area contributed by atoms with Crippen LogP contribution in [0.15, 0.2) is 72.3 Å². The zero-order chi connectivity index (χ0) is 26.1. The van der Waals surface area contributed by atoms with Crippen LogP contribution in [0.3, 0.4) is 0 Å². The maximum absolute atomic E-state index is 12.7. The Bertz CT molecular complexity index is 1300. The number of aromatic carboxylic acids is 1. The molecule has 184 valence electrons. The number of hydrogen-bond donors (Lipinski definition) is 2. The summed E-state index contributed by atoms with van der Waals surface area (Å²) in [6.45, 7) is 4.13. The van der Waals surface area contributed by atoms with Crippen LogP contribution in [0.4, 0.5) is 0 Å². The van der Waals surface area contributed by atoms with Crippen molar-refractivity contribution in [2.75, 3.05) is 6.61 Å². The first kappa shape index (κ1) is 26.3. The van der Waals surface area contributed by atoms with E-state index in [1.807, 2.05) is 50.2 Å². The van der Waals surface area contributed by atoms with Gasteiger partial charge in [-0.3, -0.25) is 4.79 Å². The number of carbonyl (C=O) groups is 2. The maximum Gasteiger partial charge on any atom is 0.335 e. The smallest absolute Gasteiger partial charge is 0.335 e. The van der Waals surface area contributed by atoms with Crippen LogP contribution in [-0.2, 0) is 11.4 Å². The van der Waals surface area contributed by atoms with Crippen LogP contribution in [0.25, 0.3) is 6.08 Å². The normalized spacial score (nSPS) is 11.8. The Morgan fingerprint density at radius 3 is 2.42 bits per heavy atom. The van der Waals surface area contributed by atoms with Gasteiger partial charge >= 0.3 is 5.97 Å². The first-order chi connectivity index (χ1) is 17.3. The highest BCUT2D eigenvalue weighted by Gasteiger charge is 2.16. The van der Waals surface area contributed by atoms with Gasteiger partial charge in [0.05, 0.1) is 23.2 Å². The number of carboxylic acid groups (broad SMARTS) is 1. The molecule has 7 nitrogen and oxygen atoms in total. The van der Waals surface area contributed by atoms with Crippen molar-refractivity contribution in [2.24, 2.45) is 0 Å². The van der Waals surface area contributed by atoms with Gasteiger partial charge in [0.15, 0.2) is 11.5 Å². The highest BCUT2D eigenvalue weighted by Crippen LogP contribution is 2.38. The van der Waals surface area contributed by atoms with Gasteiger partial charge in [-0.15, -0.1) is 0 Å². The molecule has 1 amide bonds. The van der Waals surface area contributed by atoms with E-state index < -0.39 is 11.9 Å². The average Bonchev–Trinajstić information content (AvgIpc) is 2.87. The summed E-state index contributed by atoms with van der Waals surface area (Å²) < 4.78 is 11.6. The molecule has 2 N–H and O–H groups in total. The van der Waals surface area contributed by atoms with Gasteiger partial charge in [-0.25, -0.2) is 4.79 Å². The summed E-state index contributed by atoms with van der Waals surface area (Å²) in [6.07, 6.45) is 1.44. The average molecular weight is 505 g/mol. The minimum absolute atomic E-state index is 0.0801. The van der Waals surface area contributed by atoms with Gasteiger partial charge in [0, 0.05) is 0 Å². The van der Waals surface area contributed by atoms with E-state index in [-0.39, 0.29) is 28.8 Å². The maximum atomic E-state index is 12.7. The second-order valence-electron chi connectivity index (χ2n) is 7.83. The molecule has 0 saturated heterocycles. The minimum Gasteiger partial charge on any atom is -0.490 e. The predicted octanol–water partition coefficient (Wildman–Crippen LogP) is 5.80. The SMILES string of the molecule is CCOc1cc(/C=C(/C#N)C(=O)N[C@H](C)c2ccccc2)cc(Cl)c1OCc1ccc(C(=O)O)cc1. The van der Waals surface area contributed by atoms with E-state index in [9.17, 15) is 14.9 Å². The molecule has 0 aliphatic heterocycles. The number of carboxylic acids is 1. The molecule has 0 heterocycles. The van der Waals surface area contributed by atoms with Crippen molar-refractivity contribution < 1.29 is 24.2 Å². The number of halogens is 1. The van der Waals surface area contributed by atoms with Gasteiger partial charge in [0.2, 0.25) is 0 Å². The molecule has 0 spiro atoms. The summed E-state index contributed by atoms with van der Waals surface area (Å²) in [5, 5.41) is 21.7. The molecule has 0 fully saturated rings. The fourth-order valence-electron chi connectivity index (χ4n) is 3.39. The molecule has 0 radical (unpaired) electrons. The van der Waals surface area contributed by atoms with Crippen molar-refractivity contribution in [3.63, 3.8) is 0 Å². The zero-order valence-corrected chi connectivity index (χ0v) is 20.6. The lowest BCUT2D eigenvalue weighted by Gasteiger charge is -2.15. The van der Waals surface area contributed by atoms with E-state index in [2.05, 4.69) is 5.32 Å². The van der Waals surface area contributed by atoms with Crippen molar-refractivity contribution in [3.8, 4) is 17.6 Å². The molecular formula is C28H25ClN2O5. The second kappa shape index (κ2) is 12.4. The Hall–Kier alpha value is -4.28. The van der Waals surface area contributed by atoms with Crippen LogP contribution in [0.2, 0.25) is 5.02 Å². The van der Waals surface area contributed by atoms with Crippen LogP contribution >= 0.6 is 11.6 Å². The van der Waals surface area contributed by atoms with Crippen molar-refractivity contribution >= 4 is 29.6 Å².